The van der Waals surface area contributed by atoms with Crippen molar-refractivity contribution in [1.29, 1.82) is 0 Å². The Kier molecular flexibility index (Phi) is 5.64. The molecule has 1 aliphatic rings. The fraction of sp³-hybridized carbons (Fsp3) is 0.318. The lowest BCUT2D eigenvalue weighted by atomic mass is 10.1. The zero-order valence-electron chi connectivity index (χ0n) is 17.0. The number of rotatable bonds is 6. The van der Waals surface area contributed by atoms with Crippen LogP contribution in [0.4, 0.5) is 0 Å². The number of H-pyrrole nitrogens is 1. The van der Waals surface area contributed by atoms with E-state index in [0.29, 0.717) is 17.8 Å². The predicted molar refractivity (Wildman–Crippen MR) is 118 cm³/mol. The van der Waals surface area contributed by atoms with Crippen molar-refractivity contribution in [2.75, 3.05) is 39.8 Å². The molecule has 1 aromatic carbocycles. The zero-order chi connectivity index (χ0) is 21.3. The Bertz CT molecular complexity index is 1150. The molecule has 1 atom stereocenters. The summed E-state index contributed by atoms with van der Waals surface area (Å²) in [4.78, 5) is 11.8. The lowest BCUT2D eigenvalue weighted by molar-refractivity contribution is 0.157. The highest BCUT2D eigenvalue weighted by Crippen LogP contribution is 2.35. The van der Waals surface area contributed by atoms with Gasteiger partial charge < -0.3 is 15.0 Å². The van der Waals surface area contributed by atoms with Crippen LogP contribution in [0.25, 0.3) is 22.2 Å². The first kappa shape index (κ1) is 20.6. The smallest absolute Gasteiger partial charge is 0.199 e. The van der Waals surface area contributed by atoms with Gasteiger partial charge in [0.05, 0.1) is 21.4 Å². The summed E-state index contributed by atoms with van der Waals surface area (Å²) < 4.78 is 26.3. The van der Waals surface area contributed by atoms with Crippen LogP contribution in [0.1, 0.15) is 0 Å². The second kappa shape index (κ2) is 8.22. The SMILES string of the molecule is C=CC(CN1CCN(C)CC1)S(=O)(=O)c1ccc(-c2c(O)[nH]c3ccccc23)nc1. The van der Waals surface area contributed by atoms with E-state index >= 15 is 0 Å². The molecule has 1 saturated heterocycles. The highest BCUT2D eigenvalue weighted by molar-refractivity contribution is 7.92. The first-order chi connectivity index (χ1) is 14.4. The van der Waals surface area contributed by atoms with Gasteiger partial charge in [-0.1, -0.05) is 24.3 Å². The average Bonchev–Trinajstić information content (AvgIpc) is 3.09. The maximum absolute atomic E-state index is 13.2. The van der Waals surface area contributed by atoms with Crippen molar-refractivity contribution in [2.24, 2.45) is 0 Å². The Morgan fingerprint density at radius 3 is 2.60 bits per heavy atom. The molecular formula is C22H26N4O3S. The number of nitrogens with one attached hydrogen (secondary N) is 1. The number of likely N-dealkylation sites (N-methyl/N-ethyl adjacent to an activating group) is 1. The van der Waals surface area contributed by atoms with Crippen molar-refractivity contribution in [3.63, 3.8) is 0 Å². The van der Waals surface area contributed by atoms with Crippen LogP contribution in [0.5, 0.6) is 5.88 Å². The number of aromatic nitrogens is 2. The minimum absolute atomic E-state index is 0.0124. The summed E-state index contributed by atoms with van der Waals surface area (Å²) in [6, 6.07) is 10.7. The van der Waals surface area contributed by atoms with Gasteiger partial charge in [0.2, 0.25) is 0 Å². The molecule has 0 radical (unpaired) electrons. The van der Waals surface area contributed by atoms with Gasteiger partial charge >= 0.3 is 0 Å². The second-order valence-corrected chi connectivity index (χ2v) is 9.86. The molecule has 0 amide bonds. The quantitative estimate of drug-likeness (QED) is 0.589. The Morgan fingerprint density at radius 2 is 1.93 bits per heavy atom. The molecule has 158 valence electrons. The summed E-state index contributed by atoms with van der Waals surface area (Å²) in [7, 11) is -1.54. The van der Waals surface area contributed by atoms with E-state index in [2.05, 4.69) is 33.4 Å². The summed E-state index contributed by atoms with van der Waals surface area (Å²) in [5.74, 6) is 0.0124. The minimum atomic E-state index is -3.61. The fourth-order valence-electron chi connectivity index (χ4n) is 3.84. The van der Waals surface area contributed by atoms with E-state index in [4.69, 9.17) is 0 Å². The van der Waals surface area contributed by atoms with Gasteiger partial charge in [0.15, 0.2) is 15.7 Å². The van der Waals surface area contributed by atoms with Crippen molar-refractivity contribution in [3.05, 3.63) is 55.3 Å². The monoisotopic (exact) mass is 426 g/mol. The molecule has 1 aliphatic heterocycles. The first-order valence-corrected chi connectivity index (χ1v) is 11.5. The lowest BCUT2D eigenvalue weighted by Gasteiger charge is -2.33. The number of aromatic hydroxyl groups is 1. The normalized spacial score (nSPS) is 17.2. The molecule has 1 fully saturated rings. The van der Waals surface area contributed by atoms with Crippen LogP contribution in [0.3, 0.4) is 0 Å². The van der Waals surface area contributed by atoms with Gasteiger partial charge in [0.1, 0.15) is 0 Å². The Hall–Kier alpha value is -2.68. The van der Waals surface area contributed by atoms with Crippen LogP contribution in [-0.2, 0) is 9.84 Å². The molecule has 8 heteroatoms. The summed E-state index contributed by atoms with van der Waals surface area (Å²) in [5.41, 5.74) is 1.87. The molecule has 0 bridgehead atoms. The van der Waals surface area contributed by atoms with Crippen LogP contribution < -0.4 is 0 Å². The van der Waals surface area contributed by atoms with E-state index < -0.39 is 15.1 Å². The third-order valence-electron chi connectivity index (χ3n) is 5.70. The molecule has 0 spiro atoms. The van der Waals surface area contributed by atoms with Crippen LogP contribution in [0.15, 0.2) is 60.1 Å². The highest BCUT2D eigenvalue weighted by atomic mass is 32.2. The molecule has 0 aliphatic carbocycles. The van der Waals surface area contributed by atoms with Gasteiger partial charge in [-0.15, -0.1) is 6.58 Å². The van der Waals surface area contributed by atoms with Crippen LogP contribution in [0.2, 0.25) is 0 Å². The standard InChI is InChI=1S/C22H26N4O3S/c1-3-16(15-26-12-10-25(2)11-13-26)30(28,29)17-8-9-20(23-14-17)21-18-6-4-5-7-19(18)24-22(21)27/h3-9,14,16,24,27H,1,10-13,15H2,2H3. The molecule has 0 saturated carbocycles. The maximum atomic E-state index is 13.2. The molecule has 3 heterocycles. The van der Waals surface area contributed by atoms with Gasteiger partial charge in [-0.05, 0) is 25.2 Å². The fourth-order valence-corrected chi connectivity index (χ4v) is 5.31. The van der Waals surface area contributed by atoms with E-state index in [0.717, 1.165) is 37.1 Å². The molecule has 30 heavy (non-hydrogen) atoms. The van der Waals surface area contributed by atoms with E-state index in [9.17, 15) is 13.5 Å². The van der Waals surface area contributed by atoms with Crippen LogP contribution in [0, 0.1) is 0 Å². The number of aromatic amines is 1. The molecule has 3 aromatic rings. The predicted octanol–water partition coefficient (Wildman–Crippen LogP) is 2.51. The van der Waals surface area contributed by atoms with Crippen molar-refractivity contribution in [2.45, 2.75) is 10.1 Å². The molecular weight excluding hydrogens is 400 g/mol. The third kappa shape index (κ3) is 3.86. The summed E-state index contributed by atoms with van der Waals surface area (Å²) in [5, 5.41) is 10.4. The molecule has 2 N–H and O–H groups in total. The zero-order valence-corrected chi connectivity index (χ0v) is 17.8. The van der Waals surface area contributed by atoms with E-state index in [1.165, 1.54) is 12.3 Å². The number of hydrogen-bond donors (Lipinski definition) is 2. The lowest BCUT2D eigenvalue weighted by Crippen LogP contribution is -2.47. The van der Waals surface area contributed by atoms with Crippen molar-refractivity contribution >= 4 is 20.7 Å². The Balaban J connectivity index is 1.59. The summed E-state index contributed by atoms with van der Waals surface area (Å²) >= 11 is 0. The van der Waals surface area contributed by atoms with Crippen molar-refractivity contribution < 1.29 is 13.5 Å². The molecule has 7 nitrogen and oxygen atoms in total. The van der Waals surface area contributed by atoms with Crippen molar-refractivity contribution in [1.82, 2.24) is 19.8 Å². The maximum Gasteiger partial charge on any atom is 0.199 e. The number of sulfone groups is 1. The number of para-hydroxylation sites is 1. The third-order valence-corrected chi connectivity index (χ3v) is 7.74. The van der Waals surface area contributed by atoms with Crippen molar-refractivity contribution in [3.8, 4) is 17.1 Å². The molecule has 1 unspecified atom stereocenters. The summed E-state index contributed by atoms with van der Waals surface area (Å²) in [6.07, 6.45) is 2.87. The van der Waals surface area contributed by atoms with Gasteiger partial charge in [0.25, 0.3) is 0 Å². The molecule has 2 aromatic heterocycles. The van der Waals surface area contributed by atoms with Gasteiger partial charge in [-0.3, -0.25) is 9.88 Å². The van der Waals surface area contributed by atoms with E-state index in [-0.39, 0.29) is 10.8 Å². The first-order valence-electron chi connectivity index (χ1n) is 9.93. The number of benzene rings is 1. The molecule has 4 rings (SSSR count). The number of nitrogens with zero attached hydrogens (tertiary/aromatic N) is 3. The highest BCUT2D eigenvalue weighted by Gasteiger charge is 2.28. The largest absolute Gasteiger partial charge is 0.494 e. The number of fused-ring (bicyclic) bond motifs is 1. The minimum Gasteiger partial charge on any atom is -0.494 e. The van der Waals surface area contributed by atoms with Crippen LogP contribution in [-0.4, -0.2) is 78.3 Å². The number of piperazine rings is 1. The number of hydrogen-bond acceptors (Lipinski definition) is 6. The van der Waals surface area contributed by atoms with Gasteiger partial charge in [0, 0.05) is 49.8 Å². The Labute approximate surface area is 176 Å². The topological polar surface area (TPSA) is 89.5 Å². The number of pyridine rings is 1. The van der Waals surface area contributed by atoms with E-state index in [1.807, 2.05) is 24.3 Å². The van der Waals surface area contributed by atoms with Gasteiger partial charge in [-0.2, -0.15) is 0 Å². The van der Waals surface area contributed by atoms with Crippen LogP contribution >= 0.6 is 0 Å². The Morgan fingerprint density at radius 1 is 1.20 bits per heavy atom. The summed E-state index contributed by atoms with van der Waals surface area (Å²) in [6.45, 7) is 7.72. The average molecular weight is 427 g/mol. The second-order valence-electron chi connectivity index (χ2n) is 7.70. The van der Waals surface area contributed by atoms with E-state index in [1.54, 1.807) is 12.1 Å². The van der Waals surface area contributed by atoms with Gasteiger partial charge in [-0.25, -0.2) is 8.42 Å².